The van der Waals surface area contributed by atoms with Crippen LogP contribution >= 0.6 is 0 Å². The second kappa shape index (κ2) is 10.7. The van der Waals surface area contributed by atoms with Gasteiger partial charge in [-0.05, 0) is 72.0 Å². The summed E-state index contributed by atoms with van der Waals surface area (Å²) in [5.41, 5.74) is -1.49. The SMILES string of the molecule is CC(C)CC(=O)C1C(CO[Si](C)(C)C(C)(C)C)CC(C(=O)OC(C)(C)C)N1C(=O)OC(C)(C)C. The second-order valence-corrected chi connectivity index (χ2v) is 18.3. The number of ketones is 1. The lowest BCUT2D eigenvalue weighted by Crippen LogP contribution is -2.52. The first-order valence-electron chi connectivity index (χ1n) is 12.5. The largest absolute Gasteiger partial charge is 0.458 e. The molecule has 0 aromatic rings. The lowest BCUT2D eigenvalue weighted by atomic mass is 9.92. The van der Waals surface area contributed by atoms with Crippen LogP contribution in [0.25, 0.3) is 0 Å². The van der Waals surface area contributed by atoms with Crippen molar-refractivity contribution >= 4 is 26.2 Å². The summed E-state index contributed by atoms with van der Waals surface area (Å²) in [7, 11) is -2.11. The van der Waals surface area contributed by atoms with Crippen molar-refractivity contribution in [3.05, 3.63) is 0 Å². The molecule has 1 amide bonds. The van der Waals surface area contributed by atoms with E-state index in [0.717, 1.165) is 0 Å². The Hall–Kier alpha value is -1.41. The van der Waals surface area contributed by atoms with Crippen LogP contribution in [0.5, 0.6) is 0 Å². The number of carbonyl (C=O) groups excluding carboxylic acids is 3. The molecule has 0 N–H and O–H groups in total. The maximum absolute atomic E-state index is 13.5. The Kier molecular flexibility index (Phi) is 9.62. The van der Waals surface area contributed by atoms with Gasteiger partial charge in [0.2, 0.25) is 0 Å². The quantitative estimate of drug-likeness (QED) is 0.317. The number of hydrogen-bond donors (Lipinski definition) is 0. The molecule has 0 aromatic carbocycles. The van der Waals surface area contributed by atoms with E-state index in [-0.39, 0.29) is 22.7 Å². The molecule has 1 aliphatic rings. The van der Waals surface area contributed by atoms with E-state index in [2.05, 4.69) is 33.9 Å². The predicted molar refractivity (Wildman–Crippen MR) is 137 cm³/mol. The Morgan fingerprint density at radius 2 is 1.41 bits per heavy atom. The van der Waals surface area contributed by atoms with Crippen molar-refractivity contribution in [2.45, 2.75) is 130 Å². The molecule has 34 heavy (non-hydrogen) atoms. The summed E-state index contributed by atoms with van der Waals surface area (Å²) < 4.78 is 17.8. The molecular formula is C26H49NO6Si. The van der Waals surface area contributed by atoms with Crippen molar-refractivity contribution < 1.29 is 28.3 Å². The summed E-state index contributed by atoms with van der Waals surface area (Å²) in [5, 5.41) is -0.00153. The van der Waals surface area contributed by atoms with E-state index in [0.29, 0.717) is 19.4 Å². The highest BCUT2D eigenvalue weighted by atomic mass is 28.4. The van der Waals surface area contributed by atoms with E-state index in [9.17, 15) is 14.4 Å². The highest BCUT2D eigenvalue weighted by molar-refractivity contribution is 6.74. The summed E-state index contributed by atoms with van der Waals surface area (Å²) in [5.74, 6) is -0.785. The number of esters is 1. The van der Waals surface area contributed by atoms with Crippen LogP contribution in [0.15, 0.2) is 0 Å². The minimum absolute atomic E-state index is 0.00153. The lowest BCUT2D eigenvalue weighted by molar-refractivity contribution is -0.160. The van der Waals surface area contributed by atoms with Crippen LogP contribution in [0.3, 0.4) is 0 Å². The van der Waals surface area contributed by atoms with Gasteiger partial charge in [-0.2, -0.15) is 0 Å². The number of carbonyl (C=O) groups is 3. The Balaban J connectivity index is 3.43. The van der Waals surface area contributed by atoms with E-state index < -0.39 is 43.7 Å². The van der Waals surface area contributed by atoms with Crippen LogP contribution in [-0.2, 0) is 23.5 Å². The van der Waals surface area contributed by atoms with Crippen molar-refractivity contribution in [1.82, 2.24) is 4.90 Å². The molecule has 7 nitrogen and oxygen atoms in total. The molecule has 1 fully saturated rings. The molecule has 3 unspecified atom stereocenters. The van der Waals surface area contributed by atoms with E-state index >= 15 is 0 Å². The molecule has 0 spiro atoms. The first kappa shape index (κ1) is 30.6. The number of ether oxygens (including phenoxy) is 2. The van der Waals surface area contributed by atoms with E-state index in [1.165, 1.54) is 4.90 Å². The molecule has 0 aliphatic carbocycles. The molecule has 1 rings (SSSR count). The number of nitrogens with zero attached hydrogens (tertiary/aromatic N) is 1. The van der Waals surface area contributed by atoms with E-state index in [4.69, 9.17) is 13.9 Å². The zero-order valence-electron chi connectivity index (χ0n) is 23.8. The molecule has 198 valence electrons. The maximum Gasteiger partial charge on any atom is 0.411 e. The molecule has 0 saturated carbocycles. The molecule has 8 heteroatoms. The number of rotatable bonds is 7. The van der Waals surface area contributed by atoms with Gasteiger partial charge in [-0.1, -0.05) is 34.6 Å². The van der Waals surface area contributed by atoms with Gasteiger partial charge >= 0.3 is 12.1 Å². The zero-order valence-corrected chi connectivity index (χ0v) is 24.8. The van der Waals surface area contributed by atoms with Gasteiger partial charge in [0.05, 0.1) is 6.04 Å². The normalized spacial score (nSPS) is 22.2. The Morgan fingerprint density at radius 1 is 0.912 bits per heavy atom. The van der Waals surface area contributed by atoms with Crippen LogP contribution in [0.2, 0.25) is 18.1 Å². The molecule has 3 atom stereocenters. The van der Waals surface area contributed by atoms with Crippen molar-refractivity contribution in [3.8, 4) is 0 Å². The Labute approximate surface area is 208 Å². The van der Waals surface area contributed by atoms with Gasteiger partial charge in [0, 0.05) is 18.9 Å². The minimum atomic E-state index is -2.11. The average molecular weight is 500 g/mol. The van der Waals surface area contributed by atoms with Crippen LogP contribution in [-0.4, -0.2) is 61.0 Å². The second-order valence-electron chi connectivity index (χ2n) is 13.5. The van der Waals surface area contributed by atoms with Crippen LogP contribution in [0.4, 0.5) is 4.79 Å². The highest BCUT2D eigenvalue weighted by Crippen LogP contribution is 2.40. The molecule has 0 bridgehead atoms. The highest BCUT2D eigenvalue weighted by Gasteiger charge is 2.53. The number of Topliss-reactive ketones (excluding diaryl/α,β-unsaturated/α-hetero) is 1. The minimum Gasteiger partial charge on any atom is -0.458 e. The number of likely N-dealkylation sites (tertiary alicyclic amines) is 1. The lowest BCUT2D eigenvalue weighted by Gasteiger charge is -2.38. The summed E-state index contributed by atoms with van der Waals surface area (Å²) in [6.45, 7) is 25.7. The van der Waals surface area contributed by atoms with Gasteiger partial charge in [-0.25, -0.2) is 9.59 Å². The van der Waals surface area contributed by atoms with Crippen molar-refractivity contribution in [3.63, 3.8) is 0 Å². The Morgan fingerprint density at radius 3 is 1.82 bits per heavy atom. The molecule has 1 heterocycles. The average Bonchev–Trinajstić information content (AvgIpc) is 2.95. The number of hydrogen-bond acceptors (Lipinski definition) is 6. The van der Waals surface area contributed by atoms with Crippen molar-refractivity contribution in [1.29, 1.82) is 0 Å². The molecule has 0 aromatic heterocycles. The molecule has 1 aliphatic heterocycles. The fraction of sp³-hybridized carbons (Fsp3) is 0.885. The molecule has 1 saturated heterocycles. The van der Waals surface area contributed by atoms with Gasteiger partial charge in [-0.15, -0.1) is 0 Å². The van der Waals surface area contributed by atoms with Crippen molar-refractivity contribution in [2.24, 2.45) is 11.8 Å². The van der Waals surface area contributed by atoms with Crippen LogP contribution in [0, 0.1) is 11.8 Å². The zero-order chi connectivity index (χ0) is 26.9. The smallest absolute Gasteiger partial charge is 0.411 e. The maximum atomic E-state index is 13.5. The van der Waals surface area contributed by atoms with E-state index in [1.54, 1.807) is 41.5 Å². The third-order valence-electron chi connectivity index (χ3n) is 6.29. The first-order chi connectivity index (χ1) is 15.1. The van der Waals surface area contributed by atoms with Gasteiger partial charge in [0.15, 0.2) is 14.1 Å². The predicted octanol–water partition coefficient (Wildman–Crippen LogP) is 5.96. The summed E-state index contributed by atoms with van der Waals surface area (Å²) in [6, 6.07) is -1.69. The summed E-state index contributed by atoms with van der Waals surface area (Å²) in [6.07, 6.45) is -0.0564. The third-order valence-corrected chi connectivity index (χ3v) is 10.8. The molecular weight excluding hydrogens is 450 g/mol. The monoisotopic (exact) mass is 499 g/mol. The summed E-state index contributed by atoms with van der Waals surface area (Å²) in [4.78, 5) is 41.4. The Bertz CT molecular complexity index is 742. The number of amides is 1. The summed E-state index contributed by atoms with van der Waals surface area (Å²) >= 11 is 0. The van der Waals surface area contributed by atoms with Gasteiger partial charge in [-0.3, -0.25) is 9.69 Å². The standard InChI is InChI=1S/C26H49NO6Si/c1-17(2)14-20(28)21-18(16-31-34(12,13)26(9,10)11)15-19(22(29)32-24(3,4)5)27(21)23(30)33-25(6,7)8/h17-19,21H,14-16H2,1-13H3. The first-order valence-corrected chi connectivity index (χ1v) is 15.4. The third kappa shape index (κ3) is 8.67. The van der Waals surface area contributed by atoms with E-state index in [1.807, 2.05) is 13.8 Å². The topological polar surface area (TPSA) is 82.1 Å². The van der Waals surface area contributed by atoms with Gasteiger partial charge in [0.25, 0.3) is 0 Å². The van der Waals surface area contributed by atoms with Gasteiger partial charge < -0.3 is 13.9 Å². The fourth-order valence-corrected chi connectivity index (χ4v) is 4.78. The van der Waals surface area contributed by atoms with Crippen molar-refractivity contribution in [2.75, 3.05) is 6.61 Å². The van der Waals surface area contributed by atoms with Gasteiger partial charge in [0.1, 0.15) is 17.2 Å². The van der Waals surface area contributed by atoms with Crippen LogP contribution < -0.4 is 0 Å². The molecule has 0 radical (unpaired) electrons. The van der Waals surface area contributed by atoms with Crippen LogP contribution in [0.1, 0.15) is 89.0 Å². The fourth-order valence-electron chi connectivity index (χ4n) is 3.72.